The van der Waals surface area contributed by atoms with E-state index < -0.39 is 4.92 Å². The molecule has 1 aromatic heterocycles. The first kappa shape index (κ1) is 14.2. The van der Waals surface area contributed by atoms with Crippen LogP contribution in [0.2, 0.25) is 0 Å². The Morgan fingerprint density at radius 2 is 2.30 bits per heavy atom. The lowest BCUT2D eigenvalue weighted by Gasteiger charge is -2.14. The number of carbonyl (C=O) groups is 1. The van der Waals surface area contributed by atoms with Gasteiger partial charge in [0.25, 0.3) is 0 Å². The van der Waals surface area contributed by atoms with E-state index in [-0.39, 0.29) is 29.4 Å². The van der Waals surface area contributed by atoms with Crippen LogP contribution in [0.25, 0.3) is 0 Å². The molecule has 1 heterocycles. The Morgan fingerprint density at radius 1 is 1.55 bits per heavy atom. The molecule has 2 atom stereocenters. The van der Waals surface area contributed by atoms with E-state index in [1.807, 2.05) is 0 Å². The molecular weight excluding hydrogens is 262 g/mol. The molecule has 1 aliphatic carbocycles. The highest BCUT2D eigenvalue weighted by Crippen LogP contribution is 2.32. The Morgan fingerprint density at radius 3 is 2.95 bits per heavy atom. The SMILES string of the molecule is COC(=O)[C@H]1CC[C@@H](Nc2nccc(C)c2[N+](=O)[O-])C1. The van der Waals surface area contributed by atoms with E-state index >= 15 is 0 Å². The molecule has 1 saturated carbocycles. The molecule has 2 rings (SSSR count). The predicted molar refractivity (Wildman–Crippen MR) is 72.4 cm³/mol. The van der Waals surface area contributed by atoms with Crippen LogP contribution < -0.4 is 5.32 Å². The van der Waals surface area contributed by atoms with Crippen LogP contribution in [0.1, 0.15) is 24.8 Å². The first-order valence-electron chi connectivity index (χ1n) is 6.47. The molecule has 0 radical (unpaired) electrons. The summed E-state index contributed by atoms with van der Waals surface area (Å²) >= 11 is 0. The largest absolute Gasteiger partial charge is 0.469 e. The van der Waals surface area contributed by atoms with Crippen molar-refractivity contribution in [2.75, 3.05) is 12.4 Å². The maximum absolute atomic E-state index is 11.5. The third kappa shape index (κ3) is 2.87. The summed E-state index contributed by atoms with van der Waals surface area (Å²) in [5, 5.41) is 14.2. The topological polar surface area (TPSA) is 94.4 Å². The van der Waals surface area contributed by atoms with Gasteiger partial charge in [0.2, 0.25) is 5.82 Å². The molecule has 0 saturated heterocycles. The van der Waals surface area contributed by atoms with Gasteiger partial charge in [0.1, 0.15) is 0 Å². The summed E-state index contributed by atoms with van der Waals surface area (Å²) in [5.41, 5.74) is 0.559. The van der Waals surface area contributed by atoms with Crippen molar-refractivity contribution >= 4 is 17.5 Å². The molecule has 1 aromatic rings. The van der Waals surface area contributed by atoms with Crippen LogP contribution in [0.15, 0.2) is 12.3 Å². The fourth-order valence-corrected chi connectivity index (χ4v) is 2.57. The second kappa shape index (κ2) is 5.85. The Bertz CT molecular complexity index is 532. The van der Waals surface area contributed by atoms with Gasteiger partial charge in [-0.3, -0.25) is 14.9 Å². The van der Waals surface area contributed by atoms with Crippen LogP contribution in [-0.4, -0.2) is 29.0 Å². The quantitative estimate of drug-likeness (QED) is 0.515. The van der Waals surface area contributed by atoms with Crippen molar-refractivity contribution in [3.8, 4) is 0 Å². The molecule has 0 spiro atoms. The van der Waals surface area contributed by atoms with Gasteiger partial charge in [-0.25, -0.2) is 4.98 Å². The van der Waals surface area contributed by atoms with Crippen LogP contribution in [0, 0.1) is 23.0 Å². The zero-order chi connectivity index (χ0) is 14.7. The molecule has 0 unspecified atom stereocenters. The van der Waals surface area contributed by atoms with Crippen molar-refractivity contribution in [1.82, 2.24) is 4.98 Å². The third-order valence-corrected chi connectivity index (χ3v) is 3.62. The van der Waals surface area contributed by atoms with Crippen molar-refractivity contribution in [2.45, 2.75) is 32.2 Å². The number of aryl methyl sites for hydroxylation is 1. The molecule has 0 amide bonds. The first-order valence-corrected chi connectivity index (χ1v) is 6.47. The van der Waals surface area contributed by atoms with Gasteiger partial charge in [-0.15, -0.1) is 0 Å². The van der Waals surface area contributed by atoms with E-state index in [1.165, 1.54) is 13.3 Å². The minimum Gasteiger partial charge on any atom is -0.469 e. The first-order chi connectivity index (χ1) is 9.52. The fourth-order valence-electron chi connectivity index (χ4n) is 2.57. The van der Waals surface area contributed by atoms with Crippen molar-refractivity contribution in [3.63, 3.8) is 0 Å². The Hall–Kier alpha value is -2.18. The highest BCUT2D eigenvalue weighted by molar-refractivity contribution is 5.73. The van der Waals surface area contributed by atoms with E-state index in [9.17, 15) is 14.9 Å². The summed E-state index contributed by atoms with van der Waals surface area (Å²) in [6, 6.07) is 1.61. The van der Waals surface area contributed by atoms with Gasteiger partial charge in [-0.1, -0.05) is 0 Å². The summed E-state index contributed by atoms with van der Waals surface area (Å²) in [4.78, 5) is 26.2. The van der Waals surface area contributed by atoms with Crippen molar-refractivity contribution in [3.05, 3.63) is 27.9 Å². The standard InChI is InChI=1S/C13H17N3O4/c1-8-5-6-14-12(11(8)16(18)19)15-10-4-3-9(7-10)13(17)20-2/h5-6,9-10H,3-4,7H2,1-2H3,(H,14,15)/t9-,10+/m0/s1. The summed E-state index contributed by atoms with van der Waals surface area (Å²) in [5.74, 6) is -0.0899. The van der Waals surface area contributed by atoms with Crippen molar-refractivity contribution < 1.29 is 14.5 Å². The molecular formula is C13H17N3O4. The number of esters is 1. The molecule has 7 nitrogen and oxygen atoms in total. The highest BCUT2D eigenvalue weighted by Gasteiger charge is 2.32. The van der Waals surface area contributed by atoms with Crippen LogP contribution in [0.4, 0.5) is 11.5 Å². The molecule has 0 aromatic carbocycles. The molecule has 1 fully saturated rings. The lowest BCUT2D eigenvalue weighted by atomic mass is 10.1. The van der Waals surface area contributed by atoms with Gasteiger partial charge >= 0.3 is 11.7 Å². The van der Waals surface area contributed by atoms with Gasteiger partial charge in [-0.05, 0) is 32.3 Å². The lowest BCUT2D eigenvalue weighted by Crippen LogP contribution is -2.20. The van der Waals surface area contributed by atoms with Crippen molar-refractivity contribution in [2.24, 2.45) is 5.92 Å². The number of nitrogens with zero attached hydrogens (tertiary/aromatic N) is 2. The number of pyridine rings is 1. The number of methoxy groups -OCH3 is 1. The zero-order valence-electron chi connectivity index (χ0n) is 11.5. The fraction of sp³-hybridized carbons (Fsp3) is 0.538. The number of nitrogens with one attached hydrogen (secondary N) is 1. The van der Waals surface area contributed by atoms with Gasteiger partial charge in [0.15, 0.2) is 0 Å². The average Bonchev–Trinajstić information content (AvgIpc) is 2.86. The molecule has 0 aliphatic heterocycles. The number of ether oxygens (including phenoxy) is 1. The van der Waals surface area contributed by atoms with Gasteiger partial charge in [0.05, 0.1) is 18.0 Å². The number of hydrogen-bond donors (Lipinski definition) is 1. The Kier molecular flexibility index (Phi) is 4.16. The summed E-state index contributed by atoms with van der Waals surface area (Å²) in [7, 11) is 1.37. The van der Waals surface area contributed by atoms with Crippen molar-refractivity contribution in [1.29, 1.82) is 0 Å². The number of nitro groups is 1. The van der Waals surface area contributed by atoms with E-state index in [0.717, 1.165) is 12.8 Å². The summed E-state index contributed by atoms with van der Waals surface area (Å²) in [6.45, 7) is 1.68. The molecule has 0 bridgehead atoms. The molecule has 108 valence electrons. The van der Waals surface area contributed by atoms with Gasteiger partial charge in [0, 0.05) is 17.8 Å². The minimum absolute atomic E-state index is 0.00554. The second-order valence-corrected chi connectivity index (χ2v) is 4.96. The van der Waals surface area contributed by atoms with Gasteiger partial charge in [-0.2, -0.15) is 0 Å². The number of aromatic nitrogens is 1. The van der Waals surface area contributed by atoms with E-state index in [1.54, 1.807) is 13.0 Å². The van der Waals surface area contributed by atoms with Crippen LogP contribution >= 0.6 is 0 Å². The van der Waals surface area contributed by atoms with Crippen LogP contribution in [0.5, 0.6) is 0 Å². The smallest absolute Gasteiger partial charge is 0.314 e. The normalized spacial score (nSPS) is 21.5. The Balaban J connectivity index is 2.10. The number of anilines is 1. The molecule has 20 heavy (non-hydrogen) atoms. The number of carbonyl (C=O) groups excluding carboxylic acids is 1. The molecule has 1 aliphatic rings. The number of hydrogen-bond acceptors (Lipinski definition) is 6. The van der Waals surface area contributed by atoms with Gasteiger partial charge < -0.3 is 10.1 Å². The van der Waals surface area contributed by atoms with E-state index in [4.69, 9.17) is 4.74 Å². The summed E-state index contributed by atoms with van der Waals surface area (Å²) in [6.07, 6.45) is 3.65. The zero-order valence-corrected chi connectivity index (χ0v) is 11.5. The second-order valence-electron chi connectivity index (χ2n) is 4.96. The Labute approximate surface area is 116 Å². The summed E-state index contributed by atoms with van der Waals surface area (Å²) < 4.78 is 4.72. The van der Waals surface area contributed by atoms with E-state index in [0.29, 0.717) is 12.0 Å². The monoisotopic (exact) mass is 279 g/mol. The van der Waals surface area contributed by atoms with Crippen LogP contribution in [0.3, 0.4) is 0 Å². The third-order valence-electron chi connectivity index (χ3n) is 3.62. The lowest BCUT2D eigenvalue weighted by molar-refractivity contribution is -0.384. The molecule has 7 heteroatoms. The number of rotatable bonds is 4. The average molecular weight is 279 g/mol. The minimum atomic E-state index is -0.433. The van der Waals surface area contributed by atoms with Crippen LogP contribution in [-0.2, 0) is 9.53 Å². The highest BCUT2D eigenvalue weighted by atomic mass is 16.6. The predicted octanol–water partition coefficient (Wildman–Crippen LogP) is 2.05. The molecule has 1 N–H and O–H groups in total. The maximum Gasteiger partial charge on any atom is 0.314 e. The van der Waals surface area contributed by atoms with E-state index in [2.05, 4.69) is 10.3 Å². The maximum atomic E-state index is 11.5.